The number of aromatic nitrogens is 2. The Morgan fingerprint density at radius 2 is 1.92 bits per heavy atom. The van der Waals surface area contributed by atoms with Crippen LogP contribution in [-0.4, -0.2) is 28.3 Å². The van der Waals surface area contributed by atoms with Gasteiger partial charge in [-0.1, -0.05) is 32.0 Å². The van der Waals surface area contributed by atoms with Crippen molar-refractivity contribution in [2.75, 3.05) is 5.32 Å². The highest BCUT2D eigenvalue weighted by Crippen LogP contribution is 2.22. The minimum Gasteiger partial charge on any atom is -0.366 e. The molecule has 2 aromatic rings. The van der Waals surface area contributed by atoms with Crippen molar-refractivity contribution in [1.82, 2.24) is 9.97 Å². The lowest BCUT2D eigenvalue weighted by Gasteiger charge is -2.27. The number of carbonyl (C=O) groups is 1. The summed E-state index contributed by atoms with van der Waals surface area (Å²) >= 11 is 0. The lowest BCUT2D eigenvalue weighted by atomic mass is 9.92. The van der Waals surface area contributed by atoms with E-state index < -0.39 is 0 Å². The van der Waals surface area contributed by atoms with Crippen LogP contribution >= 0.6 is 0 Å². The zero-order valence-electron chi connectivity index (χ0n) is 14.4. The summed E-state index contributed by atoms with van der Waals surface area (Å²) in [6, 6.07) is 8.12. The van der Waals surface area contributed by atoms with Crippen LogP contribution in [0.1, 0.15) is 49.9 Å². The first-order valence-electron chi connectivity index (χ1n) is 8.64. The third kappa shape index (κ3) is 4.86. The minimum absolute atomic E-state index is 0.335. The van der Waals surface area contributed by atoms with Gasteiger partial charge in [-0.05, 0) is 31.7 Å². The van der Waals surface area contributed by atoms with Crippen LogP contribution < -0.4 is 11.1 Å². The molecule has 0 aliphatic heterocycles. The molecule has 1 aromatic carbocycles. The standard InChI is InChI=1S/C17H20N4O.C2H6/c18-14-4-6-15(7-5-14)20-17-10-19-9-16(21-17)13-3-1-2-12(8-13)11-22;1-2/h1-3,8-11,14-15H,4-7,18H2,(H,20,21);1-2H3. The van der Waals surface area contributed by atoms with Crippen LogP contribution in [0.15, 0.2) is 36.7 Å². The number of hydrogen-bond acceptors (Lipinski definition) is 5. The first-order valence-corrected chi connectivity index (χ1v) is 8.64. The molecule has 0 amide bonds. The van der Waals surface area contributed by atoms with E-state index in [-0.39, 0.29) is 0 Å². The molecule has 1 aromatic heterocycles. The van der Waals surface area contributed by atoms with Gasteiger partial charge in [-0.3, -0.25) is 9.78 Å². The van der Waals surface area contributed by atoms with Crippen molar-refractivity contribution >= 4 is 12.1 Å². The van der Waals surface area contributed by atoms with E-state index in [0.29, 0.717) is 17.6 Å². The number of benzene rings is 1. The minimum atomic E-state index is 0.335. The summed E-state index contributed by atoms with van der Waals surface area (Å²) in [5, 5.41) is 3.44. The van der Waals surface area contributed by atoms with E-state index in [1.54, 1.807) is 18.5 Å². The molecule has 0 spiro atoms. The summed E-state index contributed by atoms with van der Waals surface area (Å²) in [4.78, 5) is 19.8. The summed E-state index contributed by atoms with van der Waals surface area (Å²) in [5.41, 5.74) is 8.23. The van der Waals surface area contributed by atoms with Gasteiger partial charge in [-0.2, -0.15) is 0 Å². The first-order chi connectivity index (χ1) is 11.7. The molecule has 1 aliphatic carbocycles. The van der Waals surface area contributed by atoms with Crippen molar-refractivity contribution in [2.24, 2.45) is 5.73 Å². The topological polar surface area (TPSA) is 80.9 Å². The molecule has 0 radical (unpaired) electrons. The number of nitrogens with two attached hydrogens (primary N) is 1. The third-order valence-corrected chi connectivity index (χ3v) is 4.08. The van der Waals surface area contributed by atoms with E-state index in [2.05, 4.69) is 15.3 Å². The summed E-state index contributed by atoms with van der Waals surface area (Å²) in [5.74, 6) is 0.773. The SMILES string of the molecule is CC.NC1CCC(Nc2cncc(-c3cccc(C=O)c3)n2)CC1. The molecule has 0 atom stereocenters. The molecule has 0 unspecified atom stereocenters. The summed E-state index contributed by atoms with van der Waals surface area (Å²) in [6.07, 6.45) is 8.51. The molecule has 1 saturated carbocycles. The average Bonchev–Trinajstić information content (AvgIpc) is 2.65. The van der Waals surface area contributed by atoms with Crippen molar-refractivity contribution in [3.8, 4) is 11.3 Å². The Morgan fingerprint density at radius 3 is 2.62 bits per heavy atom. The number of aldehydes is 1. The third-order valence-electron chi connectivity index (χ3n) is 4.08. The van der Waals surface area contributed by atoms with Gasteiger partial charge in [0.05, 0.1) is 18.1 Å². The van der Waals surface area contributed by atoms with Gasteiger partial charge in [0.15, 0.2) is 0 Å². The predicted octanol–water partition coefficient (Wildman–Crippen LogP) is 3.66. The van der Waals surface area contributed by atoms with Crippen molar-refractivity contribution < 1.29 is 4.79 Å². The lowest BCUT2D eigenvalue weighted by Crippen LogP contribution is -2.33. The fourth-order valence-electron chi connectivity index (χ4n) is 2.82. The van der Waals surface area contributed by atoms with E-state index in [4.69, 9.17) is 5.73 Å². The Balaban J connectivity index is 0.00000100. The van der Waals surface area contributed by atoms with E-state index in [0.717, 1.165) is 49.0 Å². The second-order valence-electron chi connectivity index (χ2n) is 5.79. The van der Waals surface area contributed by atoms with Crippen molar-refractivity contribution in [2.45, 2.75) is 51.6 Å². The second kappa shape index (κ2) is 9.13. The molecular formula is C19H26N4O. The van der Waals surface area contributed by atoms with Crippen LogP contribution in [0, 0.1) is 0 Å². The second-order valence-corrected chi connectivity index (χ2v) is 5.79. The highest BCUT2D eigenvalue weighted by Gasteiger charge is 2.18. The maximum atomic E-state index is 10.9. The van der Waals surface area contributed by atoms with Crippen molar-refractivity contribution in [1.29, 1.82) is 0 Å². The van der Waals surface area contributed by atoms with Gasteiger partial charge < -0.3 is 11.1 Å². The molecule has 24 heavy (non-hydrogen) atoms. The first kappa shape index (κ1) is 18.1. The van der Waals surface area contributed by atoms with E-state index in [1.807, 2.05) is 32.0 Å². The number of carbonyl (C=O) groups excluding carboxylic acids is 1. The molecule has 1 fully saturated rings. The summed E-state index contributed by atoms with van der Waals surface area (Å²) < 4.78 is 0. The molecule has 3 N–H and O–H groups in total. The Morgan fingerprint density at radius 1 is 1.17 bits per heavy atom. The maximum absolute atomic E-state index is 10.9. The largest absolute Gasteiger partial charge is 0.366 e. The Hall–Kier alpha value is -2.27. The fourth-order valence-corrected chi connectivity index (χ4v) is 2.82. The molecule has 3 rings (SSSR count). The zero-order chi connectivity index (χ0) is 17.4. The van der Waals surface area contributed by atoms with Crippen LogP contribution in [0.25, 0.3) is 11.3 Å². The number of rotatable bonds is 4. The fraction of sp³-hybridized carbons (Fsp3) is 0.421. The Kier molecular flexibility index (Phi) is 6.88. The van der Waals surface area contributed by atoms with Crippen LogP contribution in [-0.2, 0) is 0 Å². The number of hydrogen-bond donors (Lipinski definition) is 2. The Labute approximate surface area is 143 Å². The van der Waals surface area contributed by atoms with Crippen molar-refractivity contribution in [3.05, 3.63) is 42.2 Å². The smallest absolute Gasteiger partial charge is 0.150 e. The lowest BCUT2D eigenvalue weighted by molar-refractivity contribution is 0.112. The highest BCUT2D eigenvalue weighted by molar-refractivity contribution is 5.78. The summed E-state index contributed by atoms with van der Waals surface area (Å²) in [7, 11) is 0. The maximum Gasteiger partial charge on any atom is 0.150 e. The van der Waals surface area contributed by atoms with Crippen LogP contribution in [0.5, 0.6) is 0 Å². The average molecular weight is 326 g/mol. The van der Waals surface area contributed by atoms with E-state index >= 15 is 0 Å². The molecule has 0 saturated heterocycles. The predicted molar refractivity (Wildman–Crippen MR) is 98.1 cm³/mol. The molecule has 5 nitrogen and oxygen atoms in total. The summed E-state index contributed by atoms with van der Waals surface area (Å²) in [6.45, 7) is 4.00. The van der Waals surface area contributed by atoms with Gasteiger partial charge >= 0.3 is 0 Å². The number of anilines is 1. The van der Waals surface area contributed by atoms with Gasteiger partial charge in [0.25, 0.3) is 0 Å². The normalized spacial score (nSPS) is 19.8. The van der Waals surface area contributed by atoms with Crippen LogP contribution in [0.2, 0.25) is 0 Å². The molecule has 5 heteroatoms. The molecule has 128 valence electrons. The zero-order valence-corrected chi connectivity index (χ0v) is 14.4. The number of nitrogens with one attached hydrogen (secondary N) is 1. The van der Waals surface area contributed by atoms with Crippen LogP contribution in [0.4, 0.5) is 5.82 Å². The van der Waals surface area contributed by atoms with Crippen LogP contribution in [0.3, 0.4) is 0 Å². The Bertz CT molecular complexity index is 651. The molecular weight excluding hydrogens is 300 g/mol. The van der Waals surface area contributed by atoms with E-state index in [9.17, 15) is 4.79 Å². The molecule has 1 heterocycles. The van der Waals surface area contributed by atoms with E-state index in [1.165, 1.54) is 0 Å². The molecule has 0 bridgehead atoms. The van der Waals surface area contributed by atoms with Gasteiger partial charge in [0.2, 0.25) is 0 Å². The van der Waals surface area contributed by atoms with Gasteiger partial charge in [0.1, 0.15) is 12.1 Å². The monoisotopic (exact) mass is 326 g/mol. The quantitative estimate of drug-likeness (QED) is 0.838. The van der Waals surface area contributed by atoms with Gasteiger partial charge in [-0.25, -0.2) is 4.98 Å². The van der Waals surface area contributed by atoms with Crippen molar-refractivity contribution in [3.63, 3.8) is 0 Å². The number of nitrogens with zero attached hydrogens (tertiary/aromatic N) is 2. The van der Waals surface area contributed by atoms with Gasteiger partial charge in [-0.15, -0.1) is 0 Å². The highest BCUT2D eigenvalue weighted by atomic mass is 16.1. The molecule has 1 aliphatic rings. The van der Waals surface area contributed by atoms with Gasteiger partial charge in [0, 0.05) is 23.2 Å².